The van der Waals surface area contributed by atoms with Gasteiger partial charge in [0.2, 0.25) is 0 Å². The van der Waals surface area contributed by atoms with Crippen molar-refractivity contribution in [3.8, 4) is 0 Å². The number of rotatable bonds is 5. The van der Waals surface area contributed by atoms with Crippen LogP contribution in [0.3, 0.4) is 0 Å². The van der Waals surface area contributed by atoms with E-state index < -0.39 is 11.4 Å². The number of nitrogens with one attached hydrogen (secondary N) is 1. The number of hydrogen-bond acceptors (Lipinski definition) is 4. The first-order chi connectivity index (χ1) is 12.4. The van der Waals surface area contributed by atoms with Crippen molar-refractivity contribution in [2.24, 2.45) is 0 Å². The molecule has 2 aromatic carbocycles. The number of benzene rings is 2. The highest BCUT2D eigenvalue weighted by Gasteiger charge is 2.34. The number of carbonyl (C=O) groups excluding carboxylic acids is 1. The summed E-state index contributed by atoms with van der Waals surface area (Å²) < 4.78 is 20.8. The van der Waals surface area contributed by atoms with Gasteiger partial charge >= 0.3 is 5.97 Å². The van der Waals surface area contributed by atoms with Gasteiger partial charge in [-0.2, -0.15) is 0 Å². The molecule has 0 bridgehead atoms. The Bertz CT molecular complexity index is 771. The van der Waals surface area contributed by atoms with Crippen molar-refractivity contribution >= 4 is 17.3 Å². The fraction of sp³-hybridized carbons (Fsp3) is 0.381. The Morgan fingerprint density at radius 3 is 2.62 bits per heavy atom. The summed E-state index contributed by atoms with van der Waals surface area (Å²) in [6.45, 7) is 6.11. The lowest BCUT2D eigenvalue weighted by atomic mass is 10.0. The van der Waals surface area contributed by atoms with E-state index in [4.69, 9.17) is 4.74 Å². The Hall–Kier alpha value is -1.82. The molecule has 1 aliphatic carbocycles. The molecule has 0 aliphatic heterocycles. The van der Waals surface area contributed by atoms with E-state index in [-0.39, 0.29) is 23.4 Å². The van der Waals surface area contributed by atoms with E-state index in [1.54, 1.807) is 0 Å². The lowest BCUT2D eigenvalue weighted by Crippen LogP contribution is -2.40. The van der Waals surface area contributed by atoms with Gasteiger partial charge in [0, 0.05) is 11.4 Å². The zero-order valence-corrected chi connectivity index (χ0v) is 16.3. The summed E-state index contributed by atoms with van der Waals surface area (Å²) in [5, 5.41) is 0. The number of ether oxygens (including phenoxy) is 1. The second-order valence-electron chi connectivity index (χ2n) is 7.53. The smallest absolute Gasteiger partial charge is 0.338 e. The van der Waals surface area contributed by atoms with Crippen LogP contribution in [-0.4, -0.2) is 15.3 Å². The van der Waals surface area contributed by atoms with Crippen LogP contribution in [-0.2, 0) is 29.1 Å². The van der Waals surface area contributed by atoms with E-state index >= 15 is 0 Å². The molecule has 2 aromatic rings. The molecule has 0 fully saturated rings. The van der Waals surface area contributed by atoms with Gasteiger partial charge in [0.15, 0.2) is 0 Å². The average Bonchev–Trinajstić information content (AvgIpc) is 3.03. The zero-order chi connectivity index (χ0) is 18.7. The third-order valence-electron chi connectivity index (χ3n) is 4.51. The summed E-state index contributed by atoms with van der Waals surface area (Å²) in [5.74, 6) is -0.303. The Labute approximate surface area is 158 Å². The molecule has 0 radical (unpaired) electrons. The Kier molecular flexibility index (Phi) is 5.70. The van der Waals surface area contributed by atoms with Crippen LogP contribution in [0, 0.1) is 0 Å². The molecule has 1 N–H and O–H groups in total. The topological polar surface area (TPSA) is 61.4 Å². The molecule has 26 heavy (non-hydrogen) atoms. The van der Waals surface area contributed by atoms with Crippen molar-refractivity contribution in [3.63, 3.8) is 0 Å². The van der Waals surface area contributed by atoms with Crippen molar-refractivity contribution in [1.29, 1.82) is 0 Å². The predicted molar refractivity (Wildman–Crippen MR) is 104 cm³/mol. The third kappa shape index (κ3) is 4.29. The van der Waals surface area contributed by atoms with Gasteiger partial charge < -0.3 is 9.29 Å². The minimum Gasteiger partial charge on any atom is -0.598 e. The molecule has 2 atom stereocenters. The second-order valence-corrected chi connectivity index (χ2v) is 9.52. The molecule has 0 spiro atoms. The standard InChI is InChI=1S/C21H25NO3S/c1-21(2,3)26(24)22-19-13-12-16-17(19)10-7-11-18(16)20(23)25-14-15-8-5-4-6-9-15/h4-11,19,22H,12-14H2,1-3H3/t19-,26?/m1/s1. The lowest BCUT2D eigenvalue weighted by molar-refractivity contribution is 0.0471. The SMILES string of the molecule is CC(C)(C)[S+]([O-])N[C@@H]1CCc2c(C(=O)OCc3ccccc3)cccc21. The second kappa shape index (κ2) is 7.82. The normalized spacial score (nSPS) is 17.6. The van der Waals surface area contributed by atoms with E-state index in [1.807, 2.05) is 69.3 Å². The van der Waals surface area contributed by atoms with E-state index in [2.05, 4.69) is 4.72 Å². The molecular weight excluding hydrogens is 346 g/mol. The predicted octanol–water partition coefficient (Wildman–Crippen LogP) is 4.08. The molecule has 1 aliphatic rings. The Morgan fingerprint density at radius 2 is 1.92 bits per heavy atom. The highest BCUT2D eigenvalue weighted by atomic mass is 32.2. The van der Waals surface area contributed by atoms with Crippen molar-refractivity contribution in [2.75, 3.05) is 0 Å². The minimum atomic E-state index is -1.15. The Morgan fingerprint density at radius 1 is 1.19 bits per heavy atom. The summed E-state index contributed by atoms with van der Waals surface area (Å²) >= 11 is -1.15. The quantitative estimate of drug-likeness (QED) is 0.635. The minimum absolute atomic E-state index is 0.00642. The first-order valence-corrected chi connectivity index (χ1v) is 10.0. The summed E-state index contributed by atoms with van der Waals surface area (Å²) in [6, 6.07) is 15.4. The van der Waals surface area contributed by atoms with E-state index in [0.29, 0.717) is 5.56 Å². The molecule has 138 valence electrons. The van der Waals surface area contributed by atoms with Crippen LogP contribution in [0.2, 0.25) is 0 Å². The number of esters is 1. The summed E-state index contributed by atoms with van der Waals surface area (Å²) in [7, 11) is 0. The van der Waals surface area contributed by atoms with Gasteiger partial charge in [0.05, 0.1) is 11.6 Å². The zero-order valence-electron chi connectivity index (χ0n) is 15.5. The maximum Gasteiger partial charge on any atom is 0.338 e. The van der Waals surface area contributed by atoms with E-state index in [9.17, 15) is 9.35 Å². The number of carbonyl (C=O) groups is 1. The van der Waals surface area contributed by atoms with Crippen molar-refractivity contribution < 1.29 is 14.1 Å². The number of fused-ring (bicyclic) bond motifs is 1. The van der Waals surface area contributed by atoms with Gasteiger partial charge in [0.1, 0.15) is 11.4 Å². The molecule has 4 nitrogen and oxygen atoms in total. The first kappa shape index (κ1) is 19.0. The number of hydrogen-bond donors (Lipinski definition) is 1. The summed E-state index contributed by atoms with van der Waals surface area (Å²) in [4.78, 5) is 12.6. The molecule has 0 heterocycles. The van der Waals surface area contributed by atoms with Crippen molar-refractivity contribution in [2.45, 2.75) is 51.0 Å². The van der Waals surface area contributed by atoms with Gasteiger partial charge in [-0.3, -0.25) is 0 Å². The first-order valence-electron chi connectivity index (χ1n) is 8.87. The monoisotopic (exact) mass is 371 g/mol. The molecule has 0 saturated heterocycles. The molecule has 0 amide bonds. The fourth-order valence-corrected chi connectivity index (χ4v) is 3.93. The molecule has 5 heteroatoms. The maximum atomic E-state index is 12.6. The van der Waals surface area contributed by atoms with Gasteiger partial charge in [-0.1, -0.05) is 42.5 Å². The molecule has 0 aromatic heterocycles. The third-order valence-corrected chi connectivity index (χ3v) is 6.12. The Balaban J connectivity index is 1.72. The van der Waals surface area contributed by atoms with Gasteiger partial charge in [-0.05, 0) is 56.4 Å². The van der Waals surface area contributed by atoms with Crippen molar-refractivity contribution in [3.05, 3.63) is 70.8 Å². The van der Waals surface area contributed by atoms with Crippen LogP contribution in [0.1, 0.15) is 60.3 Å². The highest BCUT2D eigenvalue weighted by Crippen LogP contribution is 2.35. The molecule has 3 rings (SSSR count). The molecule has 1 unspecified atom stereocenters. The van der Waals surface area contributed by atoms with Crippen LogP contribution in [0.5, 0.6) is 0 Å². The van der Waals surface area contributed by atoms with Crippen molar-refractivity contribution in [1.82, 2.24) is 4.72 Å². The van der Waals surface area contributed by atoms with Gasteiger partial charge in [0.25, 0.3) is 0 Å². The maximum absolute atomic E-state index is 12.6. The summed E-state index contributed by atoms with van der Waals surface area (Å²) in [5.41, 5.74) is 3.64. The van der Waals surface area contributed by atoms with E-state index in [0.717, 1.165) is 29.5 Å². The lowest BCUT2D eigenvalue weighted by Gasteiger charge is -2.26. The molecular formula is C21H25NO3S. The van der Waals surface area contributed by atoms with Crippen LogP contribution >= 0.6 is 0 Å². The van der Waals surface area contributed by atoms with Crippen LogP contribution in [0.25, 0.3) is 0 Å². The average molecular weight is 372 g/mol. The van der Waals surface area contributed by atoms with Crippen LogP contribution in [0.4, 0.5) is 0 Å². The van der Waals surface area contributed by atoms with Crippen LogP contribution < -0.4 is 4.72 Å². The molecule has 0 saturated carbocycles. The van der Waals surface area contributed by atoms with Gasteiger partial charge in [-0.25, -0.2) is 4.79 Å². The van der Waals surface area contributed by atoms with E-state index in [1.165, 1.54) is 0 Å². The fourth-order valence-electron chi connectivity index (χ4n) is 3.07. The highest BCUT2D eigenvalue weighted by molar-refractivity contribution is 7.90. The largest absolute Gasteiger partial charge is 0.598 e. The summed E-state index contributed by atoms with van der Waals surface area (Å²) in [6.07, 6.45) is 1.62. The van der Waals surface area contributed by atoms with Crippen LogP contribution in [0.15, 0.2) is 48.5 Å². The van der Waals surface area contributed by atoms with Gasteiger partial charge in [-0.15, -0.1) is 4.72 Å².